The standard InChI is InChI=1S/C16H25N7O2/c1-13(16(24)17-6-3-11-25-2)21-7-9-22(10-8-21)15-5-4-14-19-18-12-23(14)20-15/h4-5,12-13H,3,6-11H2,1-2H3,(H,17,24)/t13-/m1/s1. The van der Waals surface area contributed by atoms with Crippen molar-refractivity contribution in [2.24, 2.45) is 0 Å². The predicted octanol–water partition coefficient (Wildman–Crippen LogP) is -0.212. The second-order valence-corrected chi connectivity index (χ2v) is 6.16. The molecule has 0 radical (unpaired) electrons. The fourth-order valence-corrected chi connectivity index (χ4v) is 2.97. The van der Waals surface area contributed by atoms with Crippen LogP contribution in [0.5, 0.6) is 0 Å². The van der Waals surface area contributed by atoms with Crippen LogP contribution in [0, 0.1) is 0 Å². The number of amides is 1. The van der Waals surface area contributed by atoms with Crippen molar-refractivity contribution in [1.82, 2.24) is 30.0 Å². The van der Waals surface area contributed by atoms with Crippen LogP contribution in [0.25, 0.3) is 5.65 Å². The number of fused-ring (bicyclic) bond motifs is 1. The number of aromatic nitrogens is 4. The zero-order valence-corrected chi connectivity index (χ0v) is 14.8. The summed E-state index contributed by atoms with van der Waals surface area (Å²) in [6.45, 7) is 6.60. The SMILES string of the molecule is COCCCNC(=O)[C@@H](C)N1CCN(c2ccc3nncn3n2)CC1. The normalized spacial score (nSPS) is 17.0. The van der Waals surface area contributed by atoms with Crippen LogP contribution in [0.3, 0.4) is 0 Å². The third-order valence-corrected chi connectivity index (χ3v) is 4.54. The predicted molar refractivity (Wildman–Crippen MR) is 93.5 cm³/mol. The molecule has 3 heterocycles. The van der Waals surface area contributed by atoms with Gasteiger partial charge in [-0.1, -0.05) is 0 Å². The van der Waals surface area contributed by atoms with Gasteiger partial charge in [0.15, 0.2) is 5.65 Å². The van der Waals surface area contributed by atoms with Crippen LogP contribution in [0.15, 0.2) is 18.5 Å². The third kappa shape index (κ3) is 4.23. The van der Waals surface area contributed by atoms with E-state index < -0.39 is 0 Å². The Morgan fingerprint density at radius 1 is 1.32 bits per heavy atom. The lowest BCUT2D eigenvalue weighted by molar-refractivity contribution is -0.126. The number of carbonyl (C=O) groups excluding carboxylic acids is 1. The van der Waals surface area contributed by atoms with E-state index in [-0.39, 0.29) is 11.9 Å². The Bertz CT molecular complexity index is 697. The maximum absolute atomic E-state index is 12.2. The molecule has 3 rings (SSSR count). The molecule has 9 heteroatoms. The van der Waals surface area contributed by atoms with Crippen LogP contribution in [-0.2, 0) is 9.53 Å². The minimum Gasteiger partial charge on any atom is -0.385 e. The summed E-state index contributed by atoms with van der Waals surface area (Å²) in [7, 11) is 1.67. The minimum atomic E-state index is -0.127. The number of hydrogen-bond donors (Lipinski definition) is 1. The summed E-state index contributed by atoms with van der Waals surface area (Å²) in [5.74, 6) is 0.984. The smallest absolute Gasteiger partial charge is 0.237 e. The molecule has 0 unspecified atom stereocenters. The highest BCUT2D eigenvalue weighted by molar-refractivity contribution is 5.81. The molecule has 0 aliphatic carbocycles. The molecule has 0 bridgehead atoms. The first-order valence-electron chi connectivity index (χ1n) is 8.62. The van der Waals surface area contributed by atoms with Crippen LogP contribution >= 0.6 is 0 Å². The molecule has 2 aromatic heterocycles. The summed E-state index contributed by atoms with van der Waals surface area (Å²) < 4.78 is 6.67. The number of hydrogen-bond acceptors (Lipinski definition) is 7. The van der Waals surface area contributed by atoms with E-state index in [1.807, 2.05) is 19.1 Å². The van der Waals surface area contributed by atoms with Crippen molar-refractivity contribution in [2.45, 2.75) is 19.4 Å². The van der Waals surface area contributed by atoms with Gasteiger partial charge in [0.1, 0.15) is 12.1 Å². The second kappa shape index (κ2) is 8.21. The van der Waals surface area contributed by atoms with Crippen molar-refractivity contribution < 1.29 is 9.53 Å². The Balaban J connectivity index is 1.49. The molecule has 25 heavy (non-hydrogen) atoms. The first-order valence-corrected chi connectivity index (χ1v) is 8.62. The first kappa shape index (κ1) is 17.6. The summed E-state index contributed by atoms with van der Waals surface area (Å²) >= 11 is 0. The number of ether oxygens (including phenoxy) is 1. The Kier molecular flexibility index (Phi) is 5.77. The van der Waals surface area contributed by atoms with Gasteiger partial charge in [-0.3, -0.25) is 9.69 Å². The Labute approximate surface area is 146 Å². The quantitative estimate of drug-likeness (QED) is 0.693. The lowest BCUT2D eigenvalue weighted by atomic mass is 10.2. The lowest BCUT2D eigenvalue weighted by Crippen LogP contribution is -2.54. The molecule has 136 valence electrons. The molecular formula is C16H25N7O2. The minimum absolute atomic E-state index is 0.0774. The number of nitrogens with zero attached hydrogens (tertiary/aromatic N) is 6. The molecule has 0 saturated carbocycles. The van der Waals surface area contributed by atoms with E-state index >= 15 is 0 Å². The Morgan fingerprint density at radius 2 is 2.12 bits per heavy atom. The van der Waals surface area contributed by atoms with Crippen LogP contribution < -0.4 is 10.2 Å². The molecule has 1 amide bonds. The average molecular weight is 347 g/mol. The maximum atomic E-state index is 12.2. The van der Waals surface area contributed by atoms with E-state index in [9.17, 15) is 4.79 Å². The topological polar surface area (TPSA) is 87.9 Å². The number of carbonyl (C=O) groups is 1. The van der Waals surface area contributed by atoms with E-state index in [0.717, 1.165) is 44.1 Å². The van der Waals surface area contributed by atoms with E-state index in [4.69, 9.17) is 4.74 Å². The molecule has 1 atom stereocenters. The summed E-state index contributed by atoms with van der Waals surface area (Å²) in [6, 6.07) is 3.75. The van der Waals surface area contributed by atoms with Gasteiger partial charge >= 0.3 is 0 Å². The van der Waals surface area contributed by atoms with Crippen molar-refractivity contribution in [1.29, 1.82) is 0 Å². The van der Waals surface area contributed by atoms with Gasteiger partial charge in [-0.25, -0.2) is 0 Å². The molecule has 0 spiro atoms. The van der Waals surface area contributed by atoms with Gasteiger partial charge in [0.05, 0.1) is 6.04 Å². The highest BCUT2D eigenvalue weighted by Crippen LogP contribution is 2.15. The molecule has 1 saturated heterocycles. The summed E-state index contributed by atoms with van der Waals surface area (Å²) in [6.07, 6.45) is 2.44. The molecule has 1 aliphatic heterocycles. The van der Waals surface area contributed by atoms with Crippen molar-refractivity contribution in [3.05, 3.63) is 18.5 Å². The number of piperazine rings is 1. The maximum Gasteiger partial charge on any atom is 0.237 e. The zero-order valence-electron chi connectivity index (χ0n) is 14.8. The third-order valence-electron chi connectivity index (χ3n) is 4.54. The van der Waals surface area contributed by atoms with Crippen LogP contribution in [0.2, 0.25) is 0 Å². The summed E-state index contributed by atoms with van der Waals surface area (Å²) in [4.78, 5) is 16.7. The molecular weight excluding hydrogens is 322 g/mol. The van der Waals surface area contributed by atoms with Gasteiger partial charge in [-0.15, -0.1) is 15.3 Å². The second-order valence-electron chi connectivity index (χ2n) is 6.16. The van der Waals surface area contributed by atoms with Crippen LogP contribution in [-0.4, -0.2) is 83.1 Å². The highest BCUT2D eigenvalue weighted by Gasteiger charge is 2.26. The number of methoxy groups -OCH3 is 1. The van der Waals surface area contributed by atoms with Gasteiger partial charge in [-0.05, 0) is 25.5 Å². The molecule has 1 fully saturated rings. The molecule has 2 aromatic rings. The van der Waals surface area contributed by atoms with Gasteiger partial charge in [0.25, 0.3) is 0 Å². The monoisotopic (exact) mass is 347 g/mol. The summed E-state index contributed by atoms with van der Waals surface area (Å²) in [5, 5.41) is 15.3. The van der Waals surface area contributed by atoms with Gasteiger partial charge in [0.2, 0.25) is 5.91 Å². The van der Waals surface area contributed by atoms with Gasteiger partial charge in [0, 0.05) is 46.4 Å². The van der Waals surface area contributed by atoms with Crippen molar-refractivity contribution >= 4 is 17.4 Å². The zero-order chi connectivity index (χ0) is 17.6. The molecule has 9 nitrogen and oxygen atoms in total. The number of nitrogens with one attached hydrogen (secondary N) is 1. The van der Waals surface area contributed by atoms with Crippen LogP contribution in [0.4, 0.5) is 5.82 Å². The van der Waals surface area contributed by atoms with E-state index in [2.05, 4.69) is 30.4 Å². The van der Waals surface area contributed by atoms with E-state index in [0.29, 0.717) is 13.2 Å². The fraction of sp³-hybridized carbons (Fsp3) is 0.625. The Hall–Kier alpha value is -2.26. The van der Waals surface area contributed by atoms with Crippen molar-refractivity contribution in [3.63, 3.8) is 0 Å². The average Bonchev–Trinajstić information content (AvgIpc) is 3.12. The van der Waals surface area contributed by atoms with E-state index in [1.54, 1.807) is 18.0 Å². The lowest BCUT2D eigenvalue weighted by Gasteiger charge is -2.37. The fourth-order valence-electron chi connectivity index (χ4n) is 2.97. The summed E-state index contributed by atoms with van der Waals surface area (Å²) in [5.41, 5.74) is 0.737. The molecule has 1 aliphatic rings. The molecule has 0 aromatic carbocycles. The van der Waals surface area contributed by atoms with E-state index in [1.165, 1.54) is 0 Å². The number of anilines is 1. The van der Waals surface area contributed by atoms with Crippen molar-refractivity contribution in [2.75, 3.05) is 51.3 Å². The Morgan fingerprint density at radius 3 is 2.88 bits per heavy atom. The largest absolute Gasteiger partial charge is 0.385 e. The van der Waals surface area contributed by atoms with Crippen LogP contribution in [0.1, 0.15) is 13.3 Å². The van der Waals surface area contributed by atoms with Crippen molar-refractivity contribution in [3.8, 4) is 0 Å². The van der Waals surface area contributed by atoms with Gasteiger partial charge < -0.3 is 15.0 Å². The molecule has 1 N–H and O–H groups in total. The van der Waals surface area contributed by atoms with Gasteiger partial charge in [-0.2, -0.15) is 4.52 Å². The highest BCUT2D eigenvalue weighted by atomic mass is 16.5. The first-order chi connectivity index (χ1) is 12.2. The number of rotatable bonds is 7.